The molecule has 0 atom stereocenters. The molecule has 0 N–H and O–H groups in total. The summed E-state index contributed by atoms with van der Waals surface area (Å²) in [5.41, 5.74) is 0.182. The van der Waals surface area contributed by atoms with E-state index < -0.39 is 0 Å². The van der Waals surface area contributed by atoms with Gasteiger partial charge in [-0.25, -0.2) is 0 Å². The molecular weight excluding hydrogens is 111 g/mol. The molecule has 2 heteroatoms. The molecule has 8 heavy (non-hydrogen) atoms. The summed E-state index contributed by atoms with van der Waals surface area (Å²) in [5.74, 6) is 0. The molecule has 1 nitrogen and oxygen atoms in total. The van der Waals surface area contributed by atoms with E-state index in [-0.39, 0.29) is 35.0 Å². The van der Waals surface area contributed by atoms with Crippen LogP contribution in [0, 0.1) is 5.41 Å². The monoisotopic (exact) mass is 124 g/mol. The van der Waals surface area contributed by atoms with Crippen LogP contribution in [0.2, 0.25) is 0 Å². The third-order valence-electron chi connectivity index (χ3n) is 0.696. The first-order valence-electron chi connectivity index (χ1n) is 2.50. The Morgan fingerprint density at radius 1 is 1.38 bits per heavy atom. The summed E-state index contributed by atoms with van der Waals surface area (Å²) in [6.45, 7) is 6.13. The average Bonchev–Trinajstić information content (AvgIpc) is 1.30. The van der Waals surface area contributed by atoms with E-state index in [9.17, 15) is 4.79 Å². The molecule has 0 unspecified atom stereocenters. The van der Waals surface area contributed by atoms with Gasteiger partial charge in [0.25, 0.3) is 0 Å². The Morgan fingerprint density at radius 2 is 1.75 bits per heavy atom. The molecular formula is C6H13NaO. The molecule has 0 bridgehead atoms. The zero-order chi connectivity index (χ0) is 5.91. The Kier molecular flexibility index (Phi) is 6.51. The fourth-order valence-electron chi connectivity index (χ4n) is 0.250. The summed E-state index contributed by atoms with van der Waals surface area (Å²) < 4.78 is 0. The van der Waals surface area contributed by atoms with Crippen molar-refractivity contribution < 1.29 is 4.79 Å². The molecule has 0 spiro atoms. The minimum absolute atomic E-state index is 0. The molecule has 0 radical (unpaired) electrons. The van der Waals surface area contributed by atoms with Crippen molar-refractivity contribution in [2.45, 2.75) is 27.2 Å². The zero-order valence-corrected chi connectivity index (χ0v) is 5.19. The number of aldehydes is 1. The minimum atomic E-state index is 0. The van der Waals surface area contributed by atoms with Gasteiger partial charge in [0.1, 0.15) is 6.29 Å². The SMILES string of the molecule is CC(C)(C)CC=O.[NaH]. The van der Waals surface area contributed by atoms with Gasteiger partial charge in [0.05, 0.1) is 0 Å². The average molecular weight is 124 g/mol. The molecule has 0 aliphatic heterocycles. The quantitative estimate of drug-likeness (QED) is 0.376. The fourth-order valence-corrected chi connectivity index (χ4v) is 0.250. The van der Waals surface area contributed by atoms with Gasteiger partial charge in [-0.1, -0.05) is 20.8 Å². The van der Waals surface area contributed by atoms with Gasteiger partial charge in [0, 0.05) is 6.42 Å². The predicted molar refractivity (Wildman–Crippen MR) is 37.3 cm³/mol. The Bertz CT molecular complexity index is 63.4. The third kappa shape index (κ3) is 9.83. The Balaban J connectivity index is 0. The second-order valence-corrected chi connectivity index (χ2v) is 2.93. The van der Waals surface area contributed by atoms with Crippen LogP contribution in [0.25, 0.3) is 0 Å². The van der Waals surface area contributed by atoms with Crippen LogP contribution >= 0.6 is 0 Å². The number of carbonyl (C=O) groups excluding carboxylic acids is 1. The molecule has 0 saturated heterocycles. The second-order valence-electron chi connectivity index (χ2n) is 2.93. The summed E-state index contributed by atoms with van der Waals surface area (Å²) in [6, 6.07) is 0. The number of hydrogen-bond donors (Lipinski definition) is 0. The molecule has 0 rings (SSSR count). The van der Waals surface area contributed by atoms with Gasteiger partial charge < -0.3 is 4.79 Å². The summed E-state index contributed by atoms with van der Waals surface area (Å²) in [4.78, 5) is 9.82. The van der Waals surface area contributed by atoms with Crippen LogP contribution in [0.4, 0.5) is 0 Å². The molecule has 0 amide bonds. The van der Waals surface area contributed by atoms with Crippen LogP contribution in [0.15, 0.2) is 0 Å². The van der Waals surface area contributed by atoms with Crippen molar-refractivity contribution in [3.05, 3.63) is 0 Å². The first-order valence-corrected chi connectivity index (χ1v) is 2.50. The van der Waals surface area contributed by atoms with E-state index in [1.165, 1.54) is 0 Å². The summed E-state index contributed by atoms with van der Waals surface area (Å²) in [5, 5.41) is 0. The van der Waals surface area contributed by atoms with Crippen molar-refractivity contribution in [3.8, 4) is 0 Å². The van der Waals surface area contributed by atoms with Crippen LogP contribution in [0.5, 0.6) is 0 Å². The number of hydrogen-bond acceptors (Lipinski definition) is 1. The van der Waals surface area contributed by atoms with Crippen LogP contribution < -0.4 is 0 Å². The first kappa shape index (κ1) is 11.5. The molecule has 0 aliphatic rings. The Labute approximate surface area is 73.1 Å². The van der Waals surface area contributed by atoms with E-state index in [4.69, 9.17) is 0 Å². The summed E-state index contributed by atoms with van der Waals surface area (Å²) in [6.07, 6.45) is 1.62. The van der Waals surface area contributed by atoms with Crippen molar-refractivity contribution in [2.24, 2.45) is 5.41 Å². The normalized spacial score (nSPS) is 9.88. The van der Waals surface area contributed by atoms with Crippen molar-refractivity contribution in [1.82, 2.24) is 0 Å². The Hall–Kier alpha value is 0.670. The molecule has 0 aromatic heterocycles. The first-order chi connectivity index (χ1) is 3.06. The molecule has 0 saturated carbocycles. The second kappa shape index (κ2) is 4.54. The fraction of sp³-hybridized carbons (Fsp3) is 0.833. The summed E-state index contributed by atoms with van der Waals surface area (Å²) >= 11 is 0. The van der Waals surface area contributed by atoms with E-state index >= 15 is 0 Å². The summed E-state index contributed by atoms with van der Waals surface area (Å²) in [7, 11) is 0. The van der Waals surface area contributed by atoms with Crippen LogP contribution in [0.3, 0.4) is 0 Å². The maximum absolute atomic E-state index is 9.82. The van der Waals surface area contributed by atoms with E-state index in [1.807, 2.05) is 20.8 Å². The van der Waals surface area contributed by atoms with Gasteiger partial charge in [-0.2, -0.15) is 0 Å². The molecule has 0 aromatic carbocycles. The van der Waals surface area contributed by atoms with Crippen molar-refractivity contribution >= 4 is 35.8 Å². The van der Waals surface area contributed by atoms with Gasteiger partial charge in [0.15, 0.2) is 0 Å². The van der Waals surface area contributed by atoms with Gasteiger partial charge in [0.2, 0.25) is 0 Å². The molecule has 44 valence electrons. The Morgan fingerprint density at radius 3 is 1.75 bits per heavy atom. The molecule has 0 aromatic rings. The standard InChI is InChI=1S/C6H12O.Na.H/c1-6(2,3)4-5-7;;/h5H,4H2,1-3H3;;. The van der Waals surface area contributed by atoms with Gasteiger partial charge in [-0.3, -0.25) is 0 Å². The van der Waals surface area contributed by atoms with Crippen LogP contribution in [-0.2, 0) is 4.79 Å². The van der Waals surface area contributed by atoms with E-state index in [1.54, 1.807) is 0 Å². The van der Waals surface area contributed by atoms with Crippen LogP contribution in [0.1, 0.15) is 27.2 Å². The third-order valence-corrected chi connectivity index (χ3v) is 0.696. The van der Waals surface area contributed by atoms with E-state index in [0.29, 0.717) is 6.42 Å². The molecule has 0 fully saturated rings. The zero-order valence-electron chi connectivity index (χ0n) is 5.19. The van der Waals surface area contributed by atoms with Crippen molar-refractivity contribution in [2.75, 3.05) is 0 Å². The topological polar surface area (TPSA) is 17.1 Å². The predicted octanol–water partition coefficient (Wildman–Crippen LogP) is 0.973. The maximum atomic E-state index is 9.82. The number of carbonyl (C=O) groups is 1. The van der Waals surface area contributed by atoms with Crippen molar-refractivity contribution in [3.63, 3.8) is 0 Å². The molecule has 0 heterocycles. The van der Waals surface area contributed by atoms with Gasteiger partial charge >= 0.3 is 29.6 Å². The number of rotatable bonds is 1. The van der Waals surface area contributed by atoms with E-state index in [0.717, 1.165) is 6.29 Å². The van der Waals surface area contributed by atoms with Gasteiger partial charge in [-0.15, -0.1) is 0 Å². The molecule has 0 aliphatic carbocycles. The van der Waals surface area contributed by atoms with Crippen molar-refractivity contribution in [1.29, 1.82) is 0 Å². The van der Waals surface area contributed by atoms with E-state index in [2.05, 4.69) is 0 Å². The van der Waals surface area contributed by atoms with Gasteiger partial charge in [-0.05, 0) is 5.41 Å². The van der Waals surface area contributed by atoms with Crippen LogP contribution in [-0.4, -0.2) is 35.8 Å².